The molecule has 26 heavy (non-hydrogen) atoms. The Bertz CT molecular complexity index is 898. The van der Waals surface area contributed by atoms with Crippen molar-refractivity contribution >= 4 is 40.5 Å². The second kappa shape index (κ2) is 7.83. The van der Waals surface area contributed by atoms with Crippen LogP contribution in [0, 0.1) is 17.0 Å². The van der Waals surface area contributed by atoms with Gasteiger partial charge in [0, 0.05) is 25.1 Å². The van der Waals surface area contributed by atoms with E-state index in [-0.39, 0.29) is 27.9 Å². The van der Waals surface area contributed by atoms with Gasteiger partial charge in [-0.25, -0.2) is 0 Å². The largest absolute Gasteiger partial charge is 0.496 e. The number of rotatable bonds is 5. The molecule has 0 saturated heterocycles. The Morgan fingerprint density at radius 1 is 1.15 bits per heavy atom. The first kappa shape index (κ1) is 19.2. The number of non-ortho nitro benzene ring substituents is 1. The van der Waals surface area contributed by atoms with Crippen LogP contribution in [0.2, 0.25) is 5.02 Å². The van der Waals surface area contributed by atoms with Crippen molar-refractivity contribution in [1.82, 2.24) is 0 Å². The number of nitrogens with one attached hydrogen (secondary N) is 2. The van der Waals surface area contributed by atoms with E-state index in [1.54, 1.807) is 6.92 Å². The van der Waals surface area contributed by atoms with Crippen LogP contribution in [-0.2, 0) is 4.79 Å². The molecule has 0 saturated carbocycles. The van der Waals surface area contributed by atoms with Crippen LogP contribution in [0.3, 0.4) is 0 Å². The minimum atomic E-state index is -0.554. The number of aryl methyl sites for hydroxylation is 1. The van der Waals surface area contributed by atoms with Crippen LogP contribution in [0.4, 0.5) is 17.1 Å². The average molecular weight is 378 g/mol. The van der Waals surface area contributed by atoms with Crippen LogP contribution < -0.4 is 15.4 Å². The number of nitro groups is 1. The van der Waals surface area contributed by atoms with Crippen molar-refractivity contribution in [3.63, 3.8) is 0 Å². The van der Waals surface area contributed by atoms with E-state index in [1.165, 1.54) is 44.4 Å². The fourth-order valence-electron chi connectivity index (χ4n) is 2.23. The van der Waals surface area contributed by atoms with Crippen molar-refractivity contribution in [2.75, 3.05) is 17.7 Å². The van der Waals surface area contributed by atoms with Crippen molar-refractivity contribution in [2.45, 2.75) is 13.8 Å². The average Bonchev–Trinajstić information content (AvgIpc) is 2.57. The smallest absolute Gasteiger partial charge is 0.271 e. The first-order valence-electron chi connectivity index (χ1n) is 7.44. The molecule has 0 aromatic heterocycles. The lowest BCUT2D eigenvalue weighted by atomic mass is 10.1. The van der Waals surface area contributed by atoms with Gasteiger partial charge in [-0.2, -0.15) is 0 Å². The number of anilines is 2. The maximum absolute atomic E-state index is 12.6. The molecule has 2 rings (SSSR count). The number of amides is 2. The number of methoxy groups -OCH3 is 1. The molecular formula is C17H16ClN3O5. The fraction of sp³-hybridized carbons (Fsp3) is 0.176. The van der Waals surface area contributed by atoms with Gasteiger partial charge >= 0.3 is 0 Å². The first-order valence-corrected chi connectivity index (χ1v) is 7.82. The van der Waals surface area contributed by atoms with Crippen LogP contribution in [0.1, 0.15) is 22.8 Å². The van der Waals surface area contributed by atoms with Crippen molar-refractivity contribution in [1.29, 1.82) is 0 Å². The zero-order chi connectivity index (χ0) is 19.4. The predicted octanol–water partition coefficient (Wildman–Crippen LogP) is 3.78. The highest BCUT2D eigenvalue weighted by atomic mass is 35.5. The van der Waals surface area contributed by atoms with Crippen LogP contribution >= 0.6 is 11.6 Å². The predicted molar refractivity (Wildman–Crippen MR) is 98.1 cm³/mol. The Labute approximate surface area is 154 Å². The first-order chi connectivity index (χ1) is 12.2. The maximum Gasteiger partial charge on any atom is 0.271 e. The molecule has 0 aliphatic rings. The lowest BCUT2D eigenvalue weighted by Gasteiger charge is -2.14. The van der Waals surface area contributed by atoms with E-state index in [1.807, 2.05) is 0 Å². The second-order valence-corrected chi connectivity index (χ2v) is 5.83. The van der Waals surface area contributed by atoms with E-state index in [0.29, 0.717) is 16.9 Å². The number of ether oxygens (including phenoxy) is 1. The SMILES string of the molecule is COc1cc(NC(C)=O)c(Cl)cc1C(=O)Nc1cc([N+](=O)[O-])ccc1C. The topological polar surface area (TPSA) is 111 Å². The van der Waals surface area contributed by atoms with Gasteiger partial charge in [0.2, 0.25) is 5.91 Å². The minimum absolute atomic E-state index is 0.123. The van der Waals surface area contributed by atoms with Gasteiger partial charge in [0.15, 0.2) is 0 Å². The number of nitrogens with zero attached hydrogens (tertiary/aromatic N) is 1. The molecule has 0 aliphatic carbocycles. The summed E-state index contributed by atoms with van der Waals surface area (Å²) in [7, 11) is 1.37. The Morgan fingerprint density at radius 3 is 2.42 bits per heavy atom. The summed E-state index contributed by atoms with van der Waals surface area (Å²) in [5, 5.41) is 16.2. The number of hydrogen-bond donors (Lipinski definition) is 2. The number of halogens is 1. The van der Waals surface area contributed by atoms with E-state index in [0.717, 1.165) is 0 Å². The summed E-state index contributed by atoms with van der Waals surface area (Å²) in [5.41, 5.74) is 1.24. The van der Waals surface area contributed by atoms with E-state index in [4.69, 9.17) is 16.3 Å². The van der Waals surface area contributed by atoms with E-state index < -0.39 is 10.8 Å². The normalized spacial score (nSPS) is 10.2. The van der Waals surface area contributed by atoms with Crippen molar-refractivity contribution < 1.29 is 19.2 Å². The zero-order valence-corrected chi connectivity index (χ0v) is 15.0. The maximum atomic E-state index is 12.6. The van der Waals surface area contributed by atoms with E-state index in [2.05, 4.69) is 10.6 Å². The van der Waals surface area contributed by atoms with Gasteiger partial charge in [0.1, 0.15) is 5.75 Å². The molecule has 0 bridgehead atoms. The quantitative estimate of drug-likeness (QED) is 0.608. The summed E-state index contributed by atoms with van der Waals surface area (Å²) >= 11 is 6.11. The molecule has 0 atom stereocenters. The summed E-state index contributed by atoms with van der Waals surface area (Å²) in [6.45, 7) is 3.04. The molecular weight excluding hydrogens is 362 g/mol. The van der Waals surface area contributed by atoms with Gasteiger partial charge in [0.05, 0.1) is 34.0 Å². The third-order valence-corrected chi connectivity index (χ3v) is 3.84. The van der Waals surface area contributed by atoms with Crippen LogP contribution in [0.15, 0.2) is 30.3 Å². The van der Waals surface area contributed by atoms with Crippen molar-refractivity contribution in [3.05, 3.63) is 56.6 Å². The lowest BCUT2D eigenvalue weighted by molar-refractivity contribution is -0.384. The van der Waals surface area contributed by atoms with Gasteiger partial charge in [-0.05, 0) is 18.6 Å². The molecule has 2 aromatic rings. The Hall–Kier alpha value is -3.13. The third-order valence-electron chi connectivity index (χ3n) is 3.52. The summed E-state index contributed by atoms with van der Waals surface area (Å²) in [5.74, 6) is -0.682. The Morgan fingerprint density at radius 2 is 1.85 bits per heavy atom. The van der Waals surface area contributed by atoms with Crippen molar-refractivity contribution in [2.24, 2.45) is 0 Å². The van der Waals surface area contributed by atoms with E-state index >= 15 is 0 Å². The summed E-state index contributed by atoms with van der Waals surface area (Å²) in [6, 6.07) is 6.95. The molecule has 8 nitrogen and oxygen atoms in total. The van der Waals surface area contributed by atoms with Gasteiger partial charge < -0.3 is 15.4 Å². The molecule has 136 valence electrons. The number of benzene rings is 2. The fourth-order valence-corrected chi connectivity index (χ4v) is 2.44. The summed E-state index contributed by atoms with van der Waals surface area (Å²) in [4.78, 5) is 34.2. The standard InChI is InChI=1S/C17H16ClN3O5/c1-9-4-5-11(21(24)25)6-14(9)20-17(23)12-7-13(18)15(19-10(2)22)8-16(12)26-3/h4-8H,1-3H3,(H,19,22)(H,20,23). The summed E-state index contributed by atoms with van der Waals surface area (Å²) in [6.07, 6.45) is 0. The van der Waals surface area contributed by atoms with Gasteiger partial charge in [-0.1, -0.05) is 17.7 Å². The Kier molecular flexibility index (Phi) is 5.78. The summed E-state index contributed by atoms with van der Waals surface area (Å²) < 4.78 is 5.19. The zero-order valence-electron chi connectivity index (χ0n) is 14.3. The highest BCUT2D eigenvalue weighted by Gasteiger charge is 2.18. The number of nitro benzene ring substituents is 1. The van der Waals surface area contributed by atoms with Crippen LogP contribution in [0.25, 0.3) is 0 Å². The molecule has 2 N–H and O–H groups in total. The molecule has 0 radical (unpaired) electrons. The molecule has 0 heterocycles. The molecule has 0 unspecified atom stereocenters. The highest BCUT2D eigenvalue weighted by molar-refractivity contribution is 6.34. The molecule has 9 heteroatoms. The molecule has 0 spiro atoms. The monoisotopic (exact) mass is 377 g/mol. The minimum Gasteiger partial charge on any atom is -0.496 e. The van der Waals surface area contributed by atoms with Crippen LogP contribution in [0.5, 0.6) is 5.75 Å². The highest BCUT2D eigenvalue weighted by Crippen LogP contribution is 2.32. The Balaban J connectivity index is 2.38. The van der Waals surface area contributed by atoms with Gasteiger partial charge in [0.25, 0.3) is 11.6 Å². The number of carbonyl (C=O) groups is 2. The molecule has 0 fully saturated rings. The van der Waals surface area contributed by atoms with Gasteiger partial charge in [-0.3, -0.25) is 19.7 Å². The number of carbonyl (C=O) groups excluding carboxylic acids is 2. The second-order valence-electron chi connectivity index (χ2n) is 5.42. The third kappa shape index (κ3) is 4.28. The van der Waals surface area contributed by atoms with Crippen LogP contribution in [-0.4, -0.2) is 23.8 Å². The molecule has 0 aliphatic heterocycles. The number of hydrogen-bond acceptors (Lipinski definition) is 5. The molecule has 2 aromatic carbocycles. The van der Waals surface area contributed by atoms with E-state index in [9.17, 15) is 19.7 Å². The van der Waals surface area contributed by atoms with Crippen molar-refractivity contribution in [3.8, 4) is 5.75 Å². The van der Waals surface area contributed by atoms with Gasteiger partial charge in [-0.15, -0.1) is 0 Å². The molecule has 2 amide bonds. The lowest BCUT2D eigenvalue weighted by Crippen LogP contribution is -2.15.